The summed E-state index contributed by atoms with van der Waals surface area (Å²) in [6.07, 6.45) is -48.5. The molecule has 6 saturated heterocycles. The molecule has 17 N–H and O–H groups in total. The second-order valence-corrected chi connectivity index (χ2v) is 21.8. The fraction of sp³-hybridized carbons (Fsp3) is 0.980. The van der Waals surface area contributed by atoms with Gasteiger partial charge < -0.3 is 144 Å². The minimum atomic E-state index is -2.21. The number of hydrogen-bond acceptors (Lipinski definition) is 29. The molecule has 0 radical (unpaired) electrons. The van der Waals surface area contributed by atoms with Crippen molar-refractivity contribution in [2.45, 2.75) is 295 Å². The molecule has 6 aliphatic rings. The minimum absolute atomic E-state index is 0.330. The zero-order valence-corrected chi connectivity index (χ0v) is 45.4. The van der Waals surface area contributed by atoms with Crippen molar-refractivity contribution in [1.82, 2.24) is 0 Å². The van der Waals surface area contributed by atoms with E-state index in [0.717, 1.165) is 19.3 Å². The summed E-state index contributed by atoms with van der Waals surface area (Å²) in [5.74, 6) is -1.08. The normalized spacial score (nSPS) is 47.4. The summed E-state index contributed by atoms with van der Waals surface area (Å²) in [4.78, 5) is 10.9. The number of hydrogen-bond donors (Lipinski definition) is 17. The smallest absolute Gasteiger partial charge is 0.305 e. The third kappa shape index (κ3) is 16.2. The SMILES string of the molecule is CCC[C@@H](CCCCCCC[C@H](O)CC(=O)O)O[C@@H]1O[C@H](C)[C@@H](O)[C@H](O)[C@H]1O[C@@H]1O[C@H](CO)[C@@H](O)[C@H](O)[C@H]1O[C@@H]1O[C@@H](C)[C@H](O[C@@H]2O[C@H](C)[C@H](O)[C@H](O)[C@H]2O)[C@@H](O[C@@H]2O[C@H](CO)[C@@H](O)[C@H](O)[C@H]2O[C@@H]2O[C@H](C)[C@@H](O)[C@H](O)[C@H]2O)[C@H]1O. The van der Waals surface area contributed by atoms with E-state index in [0.29, 0.717) is 38.5 Å². The molecule has 0 amide bonds. The summed E-state index contributed by atoms with van der Waals surface area (Å²) in [6, 6.07) is 0. The van der Waals surface area contributed by atoms with Crippen LogP contribution in [0, 0.1) is 0 Å². The average Bonchev–Trinajstić information content (AvgIpc) is 3.41. The van der Waals surface area contributed by atoms with Crippen molar-refractivity contribution in [2.75, 3.05) is 13.2 Å². The lowest BCUT2D eigenvalue weighted by molar-refractivity contribution is -0.414. The maximum absolute atomic E-state index is 12.4. The zero-order valence-electron chi connectivity index (χ0n) is 45.4. The van der Waals surface area contributed by atoms with E-state index in [1.54, 1.807) is 0 Å². The van der Waals surface area contributed by atoms with E-state index in [2.05, 4.69) is 0 Å². The van der Waals surface area contributed by atoms with Crippen LogP contribution in [0.4, 0.5) is 0 Å². The van der Waals surface area contributed by atoms with Crippen LogP contribution in [0.2, 0.25) is 0 Å². The number of unbranched alkanes of at least 4 members (excludes halogenated alkanes) is 4. The first-order chi connectivity index (χ1) is 37.8. The first-order valence-electron chi connectivity index (χ1n) is 27.7. The van der Waals surface area contributed by atoms with Gasteiger partial charge in [-0.1, -0.05) is 45.4 Å². The number of ether oxygens (including phenoxy) is 12. The summed E-state index contributed by atoms with van der Waals surface area (Å²) >= 11 is 0. The third-order valence-electron chi connectivity index (χ3n) is 15.7. The largest absolute Gasteiger partial charge is 0.481 e. The van der Waals surface area contributed by atoms with Gasteiger partial charge in [-0.25, -0.2) is 0 Å². The monoisotopic (exact) mass is 1170 g/mol. The van der Waals surface area contributed by atoms with Crippen molar-refractivity contribution >= 4 is 5.97 Å². The third-order valence-corrected chi connectivity index (χ3v) is 15.7. The van der Waals surface area contributed by atoms with Crippen molar-refractivity contribution in [3.63, 3.8) is 0 Å². The Kier molecular flexibility index (Phi) is 25.8. The van der Waals surface area contributed by atoms with Crippen molar-refractivity contribution in [1.29, 1.82) is 0 Å². The lowest BCUT2D eigenvalue weighted by Gasteiger charge is -2.51. The van der Waals surface area contributed by atoms with Crippen LogP contribution in [0.15, 0.2) is 0 Å². The maximum Gasteiger partial charge on any atom is 0.305 e. The molecule has 6 aliphatic heterocycles. The van der Waals surface area contributed by atoms with Crippen LogP contribution >= 0.6 is 0 Å². The molecule has 30 heteroatoms. The Hall–Kier alpha value is -1.65. The van der Waals surface area contributed by atoms with E-state index in [9.17, 15) is 86.5 Å². The fourth-order valence-electron chi connectivity index (χ4n) is 10.7. The van der Waals surface area contributed by atoms with Gasteiger partial charge in [0.2, 0.25) is 0 Å². The highest BCUT2D eigenvalue weighted by Gasteiger charge is 2.58. The van der Waals surface area contributed by atoms with Gasteiger partial charge in [0.05, 0.1) is 56.3 Å². The van der Waals surface area contributed by atoms with Gasteiger partial charge in [0.1, 0.15) is 122 Å². The van der Waals surface area contributed by atoms with Crippen molar-refractivity contribution < 1.29 is 148 Å². The molecular formula is C50H88O30. The zero-order chi connectivity index (χ0) is 59.0. The van der Waals surface area contributed by atoms with Gasteiger partial charge in [-0.15, -0.1) is 0 Å². The van der Waals surface area contributed by atoms with Gasteiger partial charge in [0, 0.05) is 0 Å². The van der Waals surface area contributed by atoms with Crippen LogP contribution in [0.5, 0.6) is 0 Å². The highest BCUT2D eigenvalue weighted by molar-refractivity contribution is 5.67. The summed E-state index contributed by atoms with van der Waals surface area (Å²) in [5, 5.41) is 184. The molecule has 468 valence electrons. The maximum atomic E-state index is 12.4. The van der Waals surface area contributed by atoms with Crippen LogP contribution in [0.25, 0.3) is 0 Å². The van der Waals surface area contributed by atoms with Crippen LogP contribution in [-0.4, -0.2) is 302 Å². The van der Waals surface area contributed by atoms with E-state index >= 15 is 0 Å². The number of aliphatic hydroxyl groups excluding tert-OH is 16. The number of aliphatic carboxylic acids is 1. The summed E-state index contributed by atoms with van der Waals surface area (Å²) in [6.45, 7) is 5.62. The lowest BCUT2D eigenvalue weighted by atomic mass is 9.95. The fourth-order valence-corrected chi connectivity index (χ4v) is 10.7. The van der Waals surface area contributed by atoms with Crippen LogP contribution < -0.4 is 0 Å². The van der Waals surface area contributed by atoms with Crippen LogP contribution in [0.1, 0.15) is 98.8 Å². The Labute approximate surface area is 462 Å². The quantitative estimate of drug-likeness (QED) is 0.0358. The molecule has 0 unspecified atom stereocenters. The number of carboxylic acid groups (broad SMARTS) is 1. The highest BCUT2D eigenvalue weighted by Crippen LogP contribution is 2.39. The first-order valence-corrected chi connectivity index (χ1v) is 27.7. The molecule has 6 rings (SSSR count). The molecule has 6 fully saturated rings. The molecule has 0 bridgehead atoms. The average molecular weight is 1170 g/mol. The molecule has 0 aliphatic carbocycles. The van der Waals surface area contributed by atoms with Gasteiger partial charge in [-0.3, -0.25) is 4.79 Å². The molecule has 32 atom stereocenters. The van der Waals surface area contributed by atoms with Crippen LogP contribution in [-0.2, 0) is 61.6 Å². The Bertz CT molecular complexity index is 1830. The number of rotatable bonds is 26. The summed E-state index contributed by atoms with van der Waals surface area (Å²) in [5.41, 5.74) is 0. The van der Waals surface area contributed by atoms with Crippen LogP contribution in [0.3, 0.4) is 0 Å². The van der Waals surface area contributed by atoms with Crippen molar-refractivity contribution in [2.24, 2.45) is 0 Å². The molecule has 80 heavy (non-hydrogen) atoms. The predicted molar refractivity (Wildman–Crippen MR) is 262 cm³/mol. The van der Waals surface area contributed by atoms with Gasteiger partial charge in [-0.2, -0.15) is 0 Å². The second kappa shape index (κ2) is 30.6. The molecule has 0 aromatic rings. The Balaban J connectivity index is 1.27. The van der Waals surface area contributed by atoms with Gasteiger partial charge in [-0.05, 0) is 47.0 Å². The van der Waals surface area contributed by atoms with E-state index in [1.165, 1.54) is 27.7 Å². The highest BCUT2D eigenvalue weighted by atomic mass is 16.8. The molecule has 30 nitrogen and oxygen atoms in total. The lowest BCUT2D eigenvalue weighted by Crippen LogP contribution is -2.69. The van der Waals surface area contributed by atoms with Gasteiger partial charge in [0.25, 0.3) is 0 Å². The van der Waals surface area contributed by atoms with Gasteiger partial charge in [0.15, 0.2) is 37.7 Å². The first kappa shape index (κ1) is 67.5. The topological polar surface area (TPSA) is 472 Å². The second-order valence-electron chi connectivity index (χ2n) is 21.8. The molecule has 0 spiro atoms. The molecule has 6 heterocycles. The van der Waals surface area contributed by atoms with E-state index in [1.807, 2.05) is 6.92 Å². The van der Waals surface area contributed by atoms with Crippen molar-refractivity contribution in [3.8, 4) is 0 Å². The van der Waals surface area contributed by atoms with Gasteiger partial charge >= 0.3 is 5.97 Å². The van der Waals surface area contributed by atoms with E-state index in [4.69, 9.17) is 61.9 Å². The predicted octanol–water partition coefficient (Wildman–Crippen LogP) is -6.23. The van der Waals surface area contributed by atoms with E-state index in [-0.39, 0.29) is 6.42 Å². The molecule has 0 aromatic heterocycles. The Morgan fingerprint density at radius 2 is 0.775 bits per heavy atom. The summed E-state index contributed by atoms with van der Waals surface area (Å²) in [7, 11) is 0. The summed E-state index contributed by atoms with van der Waals surface area (Å²) < 4.78 is 72.6. The molecular weight excluding hydrogens is 1080 g/mol. The Morgan fingerprint density at radius 3 is 1.25 bits per heavy atom. The number of aliphatic hydroxyl groups is 16. The standard InChI is InChI=1S/C50H88O30/c1-6-12-23(14-11-9-7-8-10-13-22(53)15-26(54)55)73-48-42(34(63)29(58)20(4)71-48)80-50-44(36(65)31(60)25(17-52)75-50)79-47-39(68)41(40(21(5)72-47)76-45-37(66)32(61)27(56)18(2)69-45)77-49-43(35(64)30(59)24(16-51)74-49)78-46-38(67)33(62)28(57)19(3)70-46/h18-25,27-53,56-68H,6-17H2,1-5H3,(H,54,55)/t18-,19-,20-,21+,22+,23+,24-,25-,27+,28-,29-,30-,31-,32+,33+,34+,35+,36+,37-,38-,39-,40+,41+,42-,43-,44-,45+,46+,47+,48+,49+,50+/m1/s1. The number of carboxylic acids is 1. The van der Waals surface area contributed by atoms with E-state index < -0.39 is 216 Å². The van der Waals surface area contributed by atoms with Crippen molar-refractivity contribution in [3.05, 3.63) is 0 Å². The molecule has 0 aromatic carbocycles. The Morgan fingerprint density at radius 1 is 0.400 bits per heavy atom. The number of carbonyl (C=O) groups is 1. The minimum Gasteiger partial charge on any atom is -0.481 e. The molecule has 0 saturated carbocycles.